The molecule has 2 aromatic carbocycles. The largest absolute Gasteiger partial charge is 0.500 e. The van der Waals surface area contributed by atoms with E-state index in [-0.39, 0.29) is 0 Å². The van der Waals surface area contributed by atoms with E-state index in [9.17, 15) is 4.79 Å². The average molecular weight is 418 g/mol. The van der Waals surface area contributed by atoms with Crippen molar-refractivity contribution in [3.05, 3.63) is 60.2 Å². The Balaban J connectivity index is 1.89. The Morgan fingerprint density at radius 2 is 1.45 bits per heavy atom. The van der Waals surface area contributed by atoms with E-state index in [0.717, 1.165) is 11.1 Å². The normalized spacial score (nSPS) is 11.4. The third-order valence-electron chi connectivity index (χ3n) is 4.25. The standard InChI is InChI=1S/C22H31NO5Si/c1-4-25-29(26-5-2,27-6-3)18-12-17-23-28-22(24)21-16-11-10-15-20(21)19-13-8-7-9-14-19/h7-11,13-16,23H,4-6,12,17-18H2,1-3H3. The minimum atomic E-state index is -2.67. The topological polar surface area (TPSA) is 66.0 Å². The first-order valence-electron chi connectivity index (χ1n) is 10.2. The number of benzene rings is 2. The van der Waals surface area contributed by atoms with E-state index in [1.807, 2.05) is 69.3 Å². The van der Waals surface area contributed by atoms with E-state index < -0.39 is 14.8 Å². The van der Waals surface area contributed by atoms with Gasteiger partial charge in [-0.05, 0) is 44.4 Å². The lowest BCUT2D eigenvalue weighted by atomic mass is 10.00. The summed E-state index contributed by atoms with van der Waals surface area (Å²) in [6.45, 7) is 7.93. The third-order valence-corrected chi connectivity index (χ3v) is 7.40. The average Bonchev–Trinajstić information content (AvgIpc) is 2.74. The van der Waals surface area contributed by atoms with Crippen LogP contribution in [0.2, 0.25) is 6.04 Å². The van der Waals surface area contributed by atoms with Crippen LogP contribution in [0.15, 0.2) is 54.6 Å². The maximum absolute atomic E-state index is 12.6. The van der Waals surface area contributed by atoms with Crippen LogP contribution < -0.4 is 5.48 Å². The second-order valence-electron chi connectivity index (χ2n) is 6.28. The Morgan fingerprint density at radius 1 is 0.862 bits per heavy atom. The Morgan fingerprint density at radius 3 is 2.07 bits per heavy atom. The molecule has 6 nitrogen and oxygen atoms in total. The molecule has 0 fully saturated rings. The van der Waals surface area contributed by atoms with Crippen molar-refractivity contribution in [3.8, 4) is 11.1 Å². The molecule has 7 heteroatoms. The highest BCUT2D eigenvalue weighted by atomic mass is 28.4. The lowest BCUT2D eigenvalue weighted by Crippen LogP contribution is -2.46. The van der Waals surface area contributed by atoms with E-state index in [1.54, 1.807) is 6.07 Å². The number of hydrogen-bond donors (Lipinski definition) is 1. The van der Waals surface area contributed by atoms with Gasteiger partial charge in [-0.15, -0.1) is 0 Å². The van der Waals surface area contributed by atoms with Crippen molar-refractivity contribution in [2.75, 3.05) is 26.4 Å². The number of carbonyl (C=O) groups is 1. The molecule has 0 aliphatic carbocycles. The number of hydrogen-bond acceptors (Lipinski definition) is 6. The van der Waals surface area contributed by atoms with E-state index in [1.165, 1.54) is 0 Å². The summed E-state index contributed by atoms with van der Waals surface area (Å²) < 4.78 is 17.5. The number of rotatable bonds is 13. The highest BCUT2D eigenvalue weighted by Gasteiger charge is 2.39. The van der Waals surface area contributed by atoms with Crippen LogP contribution in [0.4, 0.5) is 0 Å². The summed E-state index contributed by atoms with van der Waals surface area (Å²) in [6.07, 6.45) is 0.708. The predicted molar refractivity (Wildman–Crippen MR) is 115 cm³/mol. The van der Waals surface area contributed by atoms with Gasteiger partial charge in [-0.3, -0.25) is 0 Å². The van der Waals surface area contributed by atoms with Crippen LogP contribution in [-0.4, -0.2) is 41.1 Å². The molecule has 0 aromatic heterocycles. The van der Waals surface area contributed by atoms with Crippen molar-refractivity contribution >= 4 is 14.8 Å². The summed E-state index contributed by atoms with van der Waals surface area (Å²) in [4.78, 5) is 17.8. The number of nitrogens with one attached hydrogen (secondary N) is 1. The highest BCUT2D eigenvalue weighted by Crippen LogP contribution is 2.24. The zero-order valence-corrected chi connectivity index (χ0v) is 18.5. The van der Waals surface area contributed by atoms with Crippen molar-refractivity contribution in [2.24, 2.45) is 0 Å². The van der Waals surface area contributed by atoms with E-state index >= 15 is 0 Å². The van der Waals surface area contributed by atoms with Gasteiger partial charge in [-0.25, -0.2) is 4.79 Å². The fourth-order valence-corrected chi connectivity index (χ4v) is 5.69. The summed E-state index contributed by atoms with van der Waals surface area (Å²) in [5.74, 6) is -0.410. The quantitative estimate of drug-likeness (QED) is 0.295. The van der Waals surface area contributed by atoms with Crippen molar-refractivity contribution in [2.45, 2.75) is 33.2 Å². The molecule has 0 aliphatic rings. The molecule has 0 aliphatic heterocycles. The molecule has 0 atom stereocenters. The fourth-order valence-electron chi connectivity index (χ4n) is 3.08. The van der Waals surface area contributed by atoms with Gasteiger partial charge >= 0.3 is 14.8 Å². The smallest absolute Gasteiger partial charge is 0.374 e. The molecule has 0 spiro atoms. The van der Waals surface area contributed by atoms with Crippen molar-refractivity contribution in [3.63, 3.8) is 0 Å². The maximum atomic E-state index is 12.6. The van der Waals surface area contributed by atoms with Crippen LogP contribution >= 0.6 is 0 Å². The molecule has 1 N–H and O–H groups in total. The molecule has 0 saturated heterocycles. The van der Waals surface area contributed by atoms with Crippen molar-refractivity contribution in [1.29, 1.82) is 0 Å². The second kappa shape index (κ2) is 12.5. The molecule has 0 amide bonds. The van der Waals surface area contributed by atoms with Gasteiger partial charge in [0.15, 0.2) is 0 Å². The predicted octanol–water partition coefficient (Wildman–Crippen LogP) is 4.45. The maximum Gasteiger partial charge on any atom is 0.500 e. The minimum absolute atomic E-state index is 0.410. The SMILES string of the molecule is CCO[Si](CCCNOC(=O)c1ccccc1-c1ccccc1)(OCC)OCC. The molecule has 2 aromatic rings. The van der Waals surface area contributed by atoms with Gasteiger partial charge in [0.05, 0.1) is 5.56 Å². The van der Waals surface area contributed by atoms with Gasteiger partial charge in [0, 0.05) is 32.4 Å². The summed E-state index contributed by atoms with van der Waals surface area (Å²) in [5, 5.41) is 0. The molecule has 0 radical (unpaired) electrons. The molecule has 2 rings (SSSR count). The fraction of sp³-hybridized carbons (Fsp3) is 0.409. The summed E-state index contributed by atoms with van der Waals surface area (Å²) in [7, 11) is -2.67. The lowest BCUT2D eigenvalue weighted by molar-refractivity contribution is 0.0250. The Bertz CT molecular complexity index is 724. The van der Waals surface area contributed by atoms with E-state index in [2.05, 4.69) is 5.48 Å². The van der Waals surface area contributed by atoms with Crippen molar-refractivity contribution < 1.29 is 22.9 Å². The highest BCUT2D eigenvalue weighted by molar-refractivity contribution is 6.60. The van der Waals surface area contributed by atoms with Crippen LogP contribution in [0.1, 0.15) is 37.6 Å². The minimum Gasteiger partial charge on any atom is -0.374 e. The lowest BCUT2D eigenvalue weighted by Gasteiger charge is -2.28. The molecule has 0 saturated carbocycles. The number of carbonyl (C=O) groups excluding carboxylic acids is 1. The van der Waals surface area contributed by atoms with Gasteiger partial charge in [0.2, 0.25) is 0 Å². The summed E-state index contributed by atoms with van der Waals surface area (Å²) >= 11 is 0. The van der Waals surface area contributed by atoms with E-state index in [4.69, 9.17) is 18.1 Å². The third kappa shape index (κ3) is 7.06. The summed E-state index contributed by atoms with van der Waals surface area (Å²) in [5.41, 5.74) is 5.10. The second-order valence-corrected chi connectivity index (χ2v) is 9.01. The Labute approximate surface area is 174 Å². The van der Waals surface area contributed by atoms with Gasteiger partial charge in [0.25, 0.3) is 0 Å². The molecular formula is C22H31NO5Si. The van der Waals surface area contributed by atoms with Gasteiger partial charge < -0.3 is 18.1 Å². The number of hydroxylamine groups is 1. The molecular weight excluding hydrogens is 386 g/mol. The molecule has 0 bridgehead atoms. The van der Waals surface area contributed by atoms with Crippen LogP contribution in [0.5, 0.6) is 0 Å². The molecule has 29 heavy (non-hydrogen) atoms. The zero-order chi connectivity index (χ0) is 21.0. The van der Waals surface area contributed by atoms with Crippen LogP contribution in [0, 0.1) is 0 Å². The van der Waals surface area contributed by atoms with E-state index in [0.29, 0.717) is 44.4 Å². The Hall–Kier alpha value is -2.03. The molecule has 0 heterocycles. The van der Waals surface area contributed by atoms with Crippen LogP contribution in [-0.2, 0) is 18.1 Å². The first kappa shape index (κ1) is 23.2. The van der Waals surface area contributed by atoms with Crippen molar-refractivity contribution in [1.82, 2.24) is 5.48 Å². The van der Waals surface area contributed by atoms with Gasteiger partial charge in [-0.1, -0.05) is 48.5 Å². The van der Waals surface area contributed by atoms with Crippen LogP contribution in [0.25, 0.3) is 11.1 Å². The molecule has 158 valence electrons. The van der Waals surface area contributed by atoms with Gasteiger partial charge in [0.1, 0.15) is 0 Å². The Kier molecular flexibility index (Phi) is 10.0. The monoisotopic (exact) mass is 417 g/mol. The summed E-state index contributed by atoms with van der Waals surface area (Å²) in [6, 6.07) is 17.9. The zero-order valence-electron chi connectivity index (χ0n) is 17.5. The molecule has 0 unspecified atom stereocenters. The first-order chi connectivity index (χ1) is 14.2. The van der Waals surface area contributed by atoms with Crippen LogP contribution in [0.3, 0.4) is 0 Å². The first-order valence-corrected chi connectivity index (χ1v) is 12.1. The van der Waals surface area contributed by atoms with Gasteiger partial charge in [-0.2, -0.15) is 5.48 Å².